The normalized spacial score (nSPS) is 20.7. The average molecular weight is 203 g/mol. The molecule has 1 heteroatoms. The maximum atomic E-state index is 3.67. The molecule has 1 N–H and O–H groups in total. The van der Waals surface area contributed by atoms with E-state index in [0.717, 1.165) is 6.54 Å². The fourth-order valence-corrected chi connectivity index (χ4v) is 2.45. The molecular formula is C14H21N. The number of rotatable bonds is 3. The fraction of sp³-hybridized carbons (Fsp3) is 0.571. The van der Waals surface area contributed by atoms with Crippen molar-refractivity contribution < 1.29 is 0 Å². The van der Waals surface area contributed by atoms with Crippen molar-refractivity contribution in [3.63, 3.8) is 0 Å². The Morgan fingerprint density at radius 2 is 2.13 bits per heavy atom. The topological polar surface area (TPSA) is 12.0 Å². The van der Waals surface area contributed by atoms with E-state index in [2.05, 4.69) is 36.5 Å². The van der Waals surface area contributed by atoms with Crippen molar-refractivity contribution in [2.45, 2.75) is 45.1 Å². The maximum Gasteiger partial charge on any atom is 0.0322 e. The van der Waals surface area contributed by atoms with E-state index >= 15 is 0 Å². The molecular weight excluding hydrogens is 182 g/mol. The highest BCUT2D eigenvalue weighted by Gasteiger charge is 2.16. The van der Waals surface area contributed by atoms with Crippen molar-refractivity contribution in [2.75, 3.05) is 6.54 Å². The molecule has 0 heterocycles. The van der Waals surface area contributed by atoms with Crippen molar-refractivity contribution in [2.24, 2.45) is 0 Å². The van der Waals surface area contributed by atoms with Crippen molar-refractivity contribution in [3.05, 3.63) is 35.4 Å². The molecule has 1 nitrogen and oxygen atoms in total. The summed E-state index contributed by atoms with van der Waals surface area (Å²) in [5, 5.41) is 3.67. The van der Waals surface area contributed by atoms with E-state index in [1.54, 1.807) is 11.1 Å². The molecule has 1 aromatic rings. The third-order valence-corrected chi connectivity index (χ3v) is 3.26. The van der Waals surface area contributed by atoms with Gasteiger partial charge < -0.3 is 5.32 Å². The molecule has 0 amide bonds. The third-order valence-electron chi connectivity index (χ3n) is 3.26. The lowest BCUT2D eigenvalue weighted by molar-refractivity contribution is 0.489. The molecule has 15 heavy (non-hydrogen) atoms. The standard InChI is InChI=1S/C14H21N/c1-2-11-15-14-10-6-4-8-12-7-3-5-9-13(12)14/h3,5,7,9,14-15H,2,4,6,8,10-11H2,1H3/t14-/m0/s1. The molecule has 2 rings (SSSR count). The zero-order valence-electron chi connectivity index (χ0n) is 9.63. The first-order valence-electron chi connectivity index (χ1n) is 6.23. The fourth-order valence-electron chi connectivity index (χ4n) is 2.45. The van der Waals surface area contributed by atoms with Gasteiger partial charge in [0.2, 0.25) is 0 Å². The Bertz CT molecular complexity index is 306. The number of benzene rings is 1. The molecule has 1 atom stereocenters. The van der Waals surface area contributed by atoms with Gasteiger partial charge in [-0.1, -0.05) is 37.6 Å². The van der Waals surface area contributed by atoms with Crippen LogP contribution in [0.1, 0.15) is 49.8 Å². The van der Waals surface area contributed by atoms with Gasteiger partial charge in [-0.15, -0.1) is 0 Å². The second-order valence-electron chi connectivity index (χ2n) is 4.45. The number of hydrogen-bond donors (Lipinski definition) is 1. The maximum absolute atomic E-state index is 3.67. The van der Waals surface area contributed by atoms with Crippen LogP contribution in [0.4, 0.5) is 0 Å². The zero-order chi connectivity index (χ0) is 10.5. The summed E-state index contributed by atoms with van der Waals surface area (Å²) in [7, 11) is 0. The van der Waals surface area contributed by atoms with Crippen LogP contribution in [-0.4, -0.2) is 6.54 Å². The van der Waals surface area contributed by atoms with E-state index < -0.39 is 0 Å². The Kier molecular flexibility index (Phi) is 3.79. The lowest BCUT2D eigenvalue weighted by atomic mass is 9.99. The molecule has 1 aromatic carbocycles. The number of aryl methyl sites for hydroxylation is 1. The molecule has 0 fully saturated rings. The number of fused-ring (bicyclic) bond motifs is 1. The van der Waals surface area contributed by atoms with Gasteiger partial charge in [0.15, 0.2) is 0 Å². The summed E-state index contributed by atoms with van der Waals surface area (Å²) in [6, 6.07) is 9.53. The van der Waals surface area contributed by atoms with Gasteiger partial charge in [-0.3, -0.25) is 0 Å². The highest BCUT2D eigenvalue weighted by atomic mass is 14.9. The Labute approximate surface area is 92.9 Å². The summed E-state index contributed by atoms with van der Waals surface area (Å²) in [5.41, 5.74) is 3.10. The van der Waals surface area contributed by atoms with Gasteiger partial charge in [-0.25, -0.2) is 0 Å². The first-order valence-corrected chi connectivity index (χ1v) is 6.23. The smallest absolute Gasteiger partial charge is 0.0322 e. The first-order chi connectivity index (χ1) is 7.42. The van der Waals surface area contributed by atoms with Crippen molar-refractivity contribution in [3.8, 4) is 0 Å². The predicted octanol–water partition coefficient (Wildman–Crippen LogP) is 3.45. The van der Waals surface area contributed by atoms with E-state index in [1.165, 1.54) is 32.1 Å². The van der Waals surface area contributed by atoms with Gasteiger partial charge in [0.1, 0.15) is 0 Å². The SMILES string of the molecule is CCCN[C@H]1CCCCc2ccccc21. The minimum atomic E-state index is 0.601. The Morgan fingerprint density at radius 1 is 1.27 bits per heavy atom. The quantitative estimate of drug-likeness (QED) is 0.742. The minimum absolute atomic E-state index is 0.601. The molecule has 0 unspecified atom stereocenters. The predicted molar refractivity (Wildman–Crippen MR) is 65.0 cm³/mol. The summed E-state index contributed by atoms with van der Waals surface area (Å²) >= 11 is 0. The van der Waals surface area contributed by atoms with Gasteiger partial charge >= 0.3 is 0 Å². The summed E-state index contributed by atoms with van der Waals surface area (Å²) in [6.45, 7) is 3.37. The Balaban J connectivity index is 2.17. The molecule has 0 radical (unpaired) electrons. The van der Waals surface area contributed by atoms with Crippen LogP contribution in [0.2, 0.25) is 0 Å². The van der Waals surface area contributed by atoms with E-state index in [1.807, 2.05) is 0 Å². The van der Waals surface area contributed by atoms with Crippen LogP contribution in [0.15, 0.2) is 24.3 Å². The van der Waals surface area contributed by atoms with Crippen LogP contribution in [-0.2, 0) is 6.42 Å². The van der Waals surface area contributed by atoms with Gasteiger partial charge in [0.05, 0.1) is 0 Å². The molecule has 0 aromatic heterocycles. The molecule has 0 saturated carbocycles. The van der Waals surface area contributed by atoms with Crippen LogP contribution in [0.3, 0.4) is 0 Å². The lowest BCUT2D eigenvalue weighted by Gasteiger charge is -2.18. The third kappa shape index (κ3) is 2.60. The molecule has 0 spiro atoms. The largest absolute Gasteiger partial charge is 0.310 e. The van der Waals surface area contributed by atoms with Crippen LogP contribution >= 0.6 is 0 Å². The molecule has 0 bridgehead atoms. The zero-order valence-corrected chi connectivity index (χ0v) is 9.63. The summed E-state index contributed by atoms with van der Waals surface area (Å²) < 4.78 is 0. The van der Waals surface area contributed by atoms with Crippen LogP contribution < -0.4 is 5.32 Å². The molecule has 1 aliphatic carbocycles. The van der Waals surface area contributed by atoms with E-state index in [-0.39, 0.29) is 0 Å². The van der Waals surface area contributed by atoms with Crippen LogP contribution in [0.25, 0.3) is 0 Å². The highest BCUT2D eigenvalue weighted by molar-refractivity contribution is 5.31. The molecule has 0 aliphatic heterocycles. The second kappa shape index (κ2) is 5.32. The summed E-state index contributed by atoms with van der Waals surface area (Å²) in [4.78, 5) is 0. The van der Waals surface area contributed by atoms with Gasteiger partial charge in [-0.05, 0) is 43.4 Å². The molecule has 0 saturated heterocycles. The van der Waals surface area contributed by atoms with Crippen LogP contribution in [0, 0.1) is 0 Å². The summed E-state index contributed by atoms with van der Waals surface area (Å²) in [5.74, 6) is 0. The van der Waals surface area contributed by atoms with E-state index in [9.17, 15) is 0 Å². The highest BCUT2D eigenvalue weighted by Crippen LogP contribution is 2.28. The Hall–Kier alpha value is -0.820. The van der Waals surface area contributed by atoms with Gasteiger partial charge in [-0.2, -0.15) is 0 Å². The van der Waals surface area contributed by atoms with Gasteiger partial charge in [0, 0.05) is 6.04 Å². The molecule has 1 aliphatic rings. The van der Waals surface area contributed by atoms with E-state index in [0.29, 0.717) is 6.04 Å². The van der Waals surface area contributed by atoms with Gasteiger partial charge in [0.25, 0.3) is 0 Å². The van der Waals surface area contributed by atoms with Crippen molar-refractivity contribution in [1.29, 1.82) is 0 Å². The summed E-state index contributed by atoms with van der Waals surface area (Å²) in [6.07, 6.45) is 6.49. The van der Waals surface area contributed by atoms with Crippen molar-refractivity contribution in [1.82, 2.24) is 5.32 Å². The average Bonchev–Trinajstić information content (AvgIpc) is 2.49. The first kappa shape index (κ1) is 10.7. The van der Waals surface area contributed by atoms with Crippen molar-refractivity contribution >= 4 is 0 Å². The Morgan fingerprint density at radius 3 is 3.00 bits per heavy atom. The molecule has 82 valence electrons. The monoisotopic (exact) mass is 203 g/mol. The van der Waals surface area contributed by atoms with E-state index in [4.69, 9.17) is 0 Å². The second-order valence-corrected chi connectivity index (χ2v) is 4.45. The number of hydrogen-bond acceptors (Lipinski definition) is 1. The van der Waals surface area contributed by atoms with Crippen LogP contribution in [0.5, 0.6) is 0 Å². The minimum Gasteiger partial charge on any atom is -0.310 e. The lowest BCUT2D eigenvalue weighted by Crippen LogP contribution is -2.22. The number of nitrogens with one attached hydrogen (secondary N) is 1.